The molecule has 0 radical (unpaired) electrons. The van der Waals surface area contributed by atoms with E-state index in [2.05, 4.69) is 5.32 Å². The number of urea groups is 1. The molecule has 0 aromatic carbocycles. The largest absolute Gasteiger partial charge is 0.480 e. The van der Waals surface area contributed by atoms with Crippen LogP contribution in [0.25, 0.3) is 0 Å². The molecule has 1 unspecified atom stereocenters. The number of carbonyl (C=O) groups excluding carboxylic acids is 3. The van der Waals surface area contributed by atoms with Crippen molar-refractivity contribution in [1.82, 2.24) is 10.2 Å². The van der Waals surface area contributed by atoms with Crippen molar-refractivity contribution < 1.29 is 24.3 Å². The lowest BCUT2D eigenvalue weighted by atomic mass is 10.2. The number of nitrogens with two attached hydrogens (primary N) is 2. The molecule has 0 aliphatic rings. The molecule has 9 nitrogen and oxygen atoms in total. The van der Waals surface area contributed by atoms with Crippen LogP contribution in [0.15, 0.2) is 0 Å². The summed E-state index contributed by atoms with van der Waals surface area (Å²) in [4.78, 5) is 44.5. The topological polar surface area (TPSA) is 156 Å². The number of nitrogens with zero attached hydrogens (tertiary/aromatic N) is 1. The molecule has 0 aliphatic heterocycles. The molecule has 0 bridgehead atoms. The number of carboxylic acids is 1. The van der Waals surface area contributed by atoms with Crippen molar-refractivity contribution in [3.8, 4) is 0 Å². The van der Waals surface area contributed by atoms with E-state index in [-0.39, 0.29) is 6.42 Å². The number of primary amides is 2. The van der Waals surface area contributed by atoms with Crippen LogP contribution in [0.3, 0.4) is 0 Å². The maximum absolute atomic E-state index is 11.6. The van der Waals surface area contributed by atoms with E-state index < -0.39 is 42.9 Å². The SMILES string of the molecule is CCC(NC(=O)N(CC(N)=O)CC(N)=O)C(=O)O. The Morgan fingerprint density at radius 3 is 1.89 bits per heavy atom. The van der Waals surface area contributed by atoms with Crippen LogP contribution < -0.4 is 16.8 Å². The lowest BCUT2D eigenvalue weighted by Crippen LogP contribution is -2.52. The van der Waals surface area contributed by atoms with Crippen LogP contribution in [0, 0.1) is 0 Å². The van der Waals surface area contributed by atoms with Gasteiger partial charge in [0.25, 0.3) is 0 Å². The second kappa shape index (κ2) is 7.09. The Balaban J connectivity index is 4.68. The third-order valence-electron chi connectivity index (χ3n) is 1.98. The molecule has 4 amide bonds. The zero-order chi connectivity index (χ0) is 14.3. The summed E-state index contributed by atoms with van der Waals surface area (Å²) in [7, 11) is 0. The van der Waals surface area contributed by atoms with Crippen molar-refractivity contribution in [3.63, 3.8) is 0 Å². The summed E-state index contributed by atoms with van der Waals surface area (Å²) in [6, 6.07) is -2.00. The molecule has 0 saturated carbocycles. The number of carboxylic acid groups (broad SMARTS) is 1. The van der Waals surface area contributed by atoms with Crippen LogP contribution in [0.4, 0.5) is 4.79 Å². The highest BCUT2D eigenvalue weighted by atomic mass is 16.4. The summed E-state index contributed by atoms with van der Waals surface area (Å²) in [5.74, 6) is -2.89. The van der Waals surface area contributed by atoms with E-state index in [0.717, 1.165) is 4.90 Å². The maximum atomic E-state index is 11.6. The second-order valence-corrected chi connectivity index (χ2v) is 3.54. The molecular weight excluding hydrogens is 244 g/mol. The Morgan fingerprint density at radius 2 is 1.61 bits per heavy atom. The first kappa shape index (κ1) is 15.7. The Kier molecular flexibility index (Phi) is 6.18. The Bertz CT molecular complexity index is 341. The van der Waals surface area contributed by atoms with Crippen molar-refractivity contribution in [1.29, 1.82) is 0 Å². The number of nitrogens with one attached hydrogen (secondary N) is 1. The van der Waals surface area contributed by atoms with Crippen molar-refractivity contribution in [2.45, 2.75) is 19.4 Å². The van der Waals surface area contributed by atoms with Gasteiger partial charge in [-0.1, -0.05) is 6.92 Å². The van der Waals surface area contributed by atoms with Gasteiger partial charge in [-0.3, -0.25) is 9.59 Å². The highest BCUT2D eigenvalue weighted by Gasteiger charge is 2.23. The first-order chi connectivity index (χ1) is 8.27. The van der Waals surface area contributed by atoms with E-state index in [1.165, 1.54) is 0 Å². The lowest BCUT2D eigenvalue weighted by Gasteiger charge is -2.22. The van der Waals surface area contributed by atoms with E-state index in [1.54, 1.807) is 6.92 Å². The van der Waals surface area contributed by atoms with Crippen LogP contribution in [0.2, 0.25) is 0 Å². The van der Waals surface area contributed by atoms with Crippen molar-refractivity contribution in [2.75, 3.05) is 13.1 Å². The van der Waals surface area contributed by atoms with Crippen LogP contribution in [-0.4, -0.2) is 53.0 Å². The lowest BCUT2D eigenvalue weighted by molar-refractivity contribution is -0.139. The van der Waals surface area contributed by atoms with Crippen LogP contribution in [-0.2, 0) is 14.4 Å². The molecule has 0 fully saturated rings. The molecule has 0 rings (SSSR count). The van der Waals surface area contributed by atoms with Gasteiger partial charge in [-0.05, 0) is 6.42 Å². The highest BCUT2D eigenvalue weighted by Crippen LogP contribution is 1.95. The quantitative estimate of drug-likeness (QED) is 0.410. The minimum Gasteiger partial charge on any atom is -0.480 e. The fourth-order valence-electron chi connectivity index (χ4n) is 1.15. The van der Waals surface area contributed by atoms with Gasteiger partial charge in [0.05, 0.1) is 0 Å². The number of hydrogen-bond acceptors (Lipinski definition) is 4. The van der Waals surface area contributed by atoms with Gasteiger partial charge < -0.3 is 26.8 Å². The smallest absolute Gasteiger partial charge is 0.326 e. The molecule has 0 saturated heterocycles. The van der Waals surface area contributed by atoms with Gasteiger partial charge in [-0.2, -0.15) is 0 Å². The van der Waals surface area contributed by atoms with Gasteiger partial charge in [0, 0.05) is 0 Å². The van der Waals surface area contributed by atoms with Crippen LogP contribution in [0.1, 0.15) is 13.3 Å². The number of amides is 4. The fourth-order valence-corrected chi connectivity index (χ4v) is 1.15. The minimum absolute atomic E-state index is 0.155. The average molecular weight is 260 g/mol. The van der Waals surface area contributed by atoms with Gasteiger partial charge in [0.1, 0.15) is 19.1 Å². The first-order valence-electron chi connectivity index (χ1n) is 5.12. The Labute approximate surface area is 103 Å². The summed E-state index contributed by atoms with van der Waals surface area (Å²) in [6.45, 7) is 0.515. The number of carbonyl (C=O) groups is 4. The number of rotatable bonds is 7. The zero-order valence-electron chi connectivity index (χ0n) is 9.88. The molecule has 0 heterocycles. The third-order valence-corrected chi connectivity index (χ3v) is 1.98. The molecule has 18 heavy (non-hydrogen) atoms. The van der Waals surface area contributed by atoms with Gasteiger partial charge in [0.2, 0.25) is 11.8 Å². The second-order valence-electron chi connectivity index (χ2n) is 3.54. The summed E-state index contributed by atoms with van der Waals surface area (Å²) < 4.78 is 0. The molecule has 0 aliphatic carbocycles. The fraction of sp³-hybridized carbons (Fsp3) is 0.556. The minimum atomic E-state index is -1.22. The summed E-state index contributed by atoms with van der Waals surface area (Å²) in [5, 5.41) is 10.9. The van der Waals surface area contributed by atoms with E-state index in [1.807, 2.05) is 0 Å². The number of aliphatic carboxylic acids is 1. The maximum Gasteiger partial charge on any atom is 0.326 e. The predicted molar refractivity (Wildman–Crippen MR) is 60.2 cm³/mol. The summed E-state index contributed by atoms with van der Waals surface area (Å²) in [5.41, 5.74) is 9.80. The number of hydrogen-bond donors (Lipinski definition) is 4. The van der Waals surface area contributed by atoms with Gasteiger partial charge in [-0.15, -0.1) is 0 Å². The van der Waals surface area contributed by atoms with Crippen LogP contribution >= 0.6 is 0 Å². The van der Waals surface area contributed by atoms with Crippen molar-refractivity contribution in [2.24, 2.45) is 11.5 Å². The predicted octanol–water partition coefficient (Wildman–Crippen LogP) is -2.17. The molecule has 6 N–H and O–H groups in total. The van der Waals surface area contributed by atoms with E-state index in [0.29, 0.717) is 0 Å². The average Bonchev–Trinajstić information content (AvgIpc) is 2.22. The first-order valence-corrected chi connectivity index (χ1v) is 5.12. The standard InChI is InChI=1S/C9H16N4O5/c1-2-5(8(16)17)12-9(18)13(3-6(10)14)4-7(11)15/h5H,2-4H2,1H3,(H2,10,14)(H2,11,15)(H,12,18)(H,16,17). The molecular formula is C9H16N4O5. The summed E-state index contributed by atoms with van der Waals surface area (Å²) >= 11 is 0. The normalized spacial score (nSPS) is 11.4. The molecule has 0 aromatic rings. The van der Waals surface area contributed by atoms with Gasteiger partial charge in [0.15, 0.2) is 0 Å². The monoisotopic (exact) mass is 260 g/mol. The van der Waals surface area contributed by atoms with Crippen LogP contribution in [0.5, 0.6) is 0 Å². The molecule has 102 valence electrons. The Hall–Kier alpha value is -2.32. The molecule has 9 heteroatoms. The van der Waals surface area contributed by atoms with Gasteiger partial charge >= 0.3 is 12.0 Å². The molecule has 0 spiro atoms. The zero-order valence-corrected chi connectivity index (χ0v) is 9.88. The third kappa shape index (κ3) is 5.68. The van der Waals surface area contributed by atoms with E-state index >= 15 is 0 Å². The molecule has 0 aromatic heterocycles. The molecule has 1 atom stereocenters. The van der Waals surface area contributed by atoms with E-state index in [9.17, 15) is 19.2 Å². The Morgan fingerprint density at radius 1 is 1.17 bits per heavy atom. The van der Waals surface area contributed by atoms with Crippen molar-refractivity contribution in [3.05, 3.63) is 0 Å². The summed E-state index contributed by atoms with van der Waals surface area (Å²) in [6.07, 6.45) is 0.155. The van der Waals surface area contributed by atoms with Crippen molar-refractivity contribution >= 4 is 23.8 Å². The van der Waals surface area contributed by atoms with Gasteiger partial charge in [-0.25, -0.2) is 9.59 Å². The van der Waals surface area contributed by atoms with E-state index in [4.69, 9.17) is 16.6 Å². The highest BCUT2D eigenvalue weighted by molar-refractivity contribution is 5.89.